The summed E-state index contributed by atoms with van der Waals surface area (Å²) in [5.74, 6) is 0.401. The van der Waals surface area contributed by atoms with Crippen molar-refractivity contribution in [2.45, 2.75) is 38.5 Å². The predicted molar refractivity (Wildman–Crippen MR) is 149 cm³/mol. The number of benzene rings is 2. The smallest absolute Gasteiger partial charge is 0.331 e. The maximum atomic E-state index is 14.0. The number of methoxy groups -OCH3 is 1. The number of hydrogen-bond acceptors (Lipinski definition) is 8. The number of nitrogens with zero attached hydrogens (tertiary/aromatic N) is 5. The van der Waals surface area contributed by atoms with Gasteiger partial charge in [-0.15, -0.1) is 0 Å². The van der Waals surface area contributed by atoms with Gasteiger partial charge in [0.25, 0.3) is 0 Å². The van der Waals surface area contributed by atoms with Crippen LogP contribution in [0.4, 0.5) is 9.93 Å². The van der Waals surface area contributed by atoms with Crippen molar-refractivity contribution < 1.29 is 19.1 Å². The van der Waals surface area contributed by atoms with Crippen molar-refractivity contribution in [2.24, 2.45) is 0 Å². The Hall–Kier alpha value is -3.90. The number of amides is 4. The largest absolute Gasteiger partial charge is 0.497 e. The number of hydrogen-bond donors (Lipinski definition) is 2. The summed E-state index contributed by atoms with van der Waals surface area (Å²) in [6.07, 6.45) is 0.578. The number of rotatable bonds is 8. The van der Waals surface area contributed by atoms with Gasteiger partial charge in [-0.05, 0) is 35.7 Å². The summed E-state index contributed by atoms with van der Waals surface area (Å²) >= 11 is 1.41. The van der Waals surface area contributed by atoms with Crippen molar-refractivity contribution >= 4 is 44.5 Å². The number of ether oxygens (including phenoxy) is 1. The van der Waals surface area contributed by atoms with Crippen LogP contribution in [0.3, 0.4) is 0 Å². The van der Waals surface area contributed by atoms with E-state index in [0.29, 0.717) is 30.4 Å². The second-order valence-corrected chi connectivity index (χ2v) is 10.7. The van der Waals surface area contributed by atoms with Gasteiger partial charge in [0.1, 0.15) is 18.0 Å². The van der Waals surface area contributed by atoms with Crippen LogP contribution in [-0.4, -0.2) is 88.6 Å². The third-order valence-corrected chi connectivity index (χ3v) is 8.08. The third-order valence-electron chi connectivity index (χ3n) is 7.23. The number of para-hydroxylation sites is 1. The van der Waals surface area contributed by atoms with Crippen molar-refractivity contribution in [2.75, 3.05) is 39.5 Å². The highest BCUT2D eigenvalue weighted by Crippen LogP contribution is 2.32. The molecule has 2 aromatic carbocycles. The minimum absolute atomic E-state index is 0.0243. The number of urea groups is 1. The molecule has 5 rings (SSSR count). The van der Waals surface area contributed by atoms with Crippen molar-refractivity contribution in [3.63, 3.8) is 0 Å². The Morgan fingerprint density at radius 2 is 2.00 bits per heavy atom. The van der Waals surface area contributed by atoms with Gasteiger partial charge < -0.3 is 25.6 Å². The monoisotopic (exact) mass is 551 g/mol. The first-order valence-corrected chi connectivity index (χ1v) is 13.8. The Morgan fingerprint density at radius 1 is 1.23 bits per heavy atom. The number of hydrazine groups is 1. The average Bonchev–Trinajstić information content (AvgIpc) is 3.48. The summed E-state index contributed by atoms with van der Waals surface area (Å²) in [5, 5.41) is 6.54. The number of piperazine rings is 1. The first-order chi connectivity index (χ1) is 18.8. The summed E-state index contributed by atoms with van der Waals surface area (Å²) in [4.78, 5) is 48.2. The van der Waals surface area contributed by atoms with Crippen molar-refractivity contribution in [1.82, 2.24) is 30.1 Å². The molecule has 11 nitrogen and oxygen atoms in total. The lowest BCUT2D eigenvalue weighted by Crippen LogP contribution is -2.66. The lowest BCUT2D eigenvalue weighted by atomic mass is 9.99. The first kappa shape index (κ1) is 26.7. The molecule has 0 unspecified atom stereocenters. The minimum atomic E-state index is -0.720. The maximum Gasteiger partial charge on any atom is 0.331 e. The third kappa shape index (κ3) is 5.09. The van der Waals surface area contributed by atoms with E-state index in [1.54, 1.807) is 34.0 Å². The molecule has 2 atom stereocenters. The van der Waals surface area contributed by atoms with Crippen molar-refractivity contribution in [3.05, 3.63) is 53.6 Å². The van der Waals surface area contributed by atoms with E-state index in [-0.39, 0.29) is 30.9 Å². The van der Waals surface area contributed by atoms with Crippen LogP contribution in [0.5, 0.6) is 5.75 Å². The number of anilines is 1. The van der Waals surface area contributed by atoms with Gasteiger partial charge >= 0.3 is 6.03 Å². The van der Waals surface area contributed by atoms with E-state index in [1.807, 2.05) is 49.4 Å². The van der Waals surface area contributed by atoms with Gasteiger partial charge in [-0.1, -0.05) is 42.5 Å². The van der Waals surface area contributed by atoms with E-state index in [4.69, 9.17) is 10.5 Å². The first-order valence-electron chi connectivity index (χ1n) is 13.0. The molecule has 0 bridgehead atoms. The normalized spacial score (nSPS) is 19.5. The molecular formula is C27H33N7O4S. The Kier molecular flexibility index (Phi) is 7.58. The zero-order valence-corrected chi connectivity index (χ0v) is 23.1. The zero-order valence-electron chi connectivity index (χ0n) is 22.3. The molecule has 0 radical (unpaired) electrons. The van der Waals surface area contributed by atoms with E-state index in [9.17, 15) is 14.4 Å². The second kappa shape index (κ2) is 11.1. The molecule has 0 spiro atoms. The molecule has 0 saturated carbocycles. The minimum Gasteiger partial charge on any atom is -0.497 e. The summed E-state index contributed by atoms with van der Waals surface area (Å²) in [6.45, 7) is 3.03. The Bertz CT molecular complexity index is 1380. The van der Waals surface area contributed by atoms with Crippen LogP contribution in [0, 0.1) is 0 Å². The Labute approximate surface area is 231 Å². The fraction of sp³-hybridized carbons (Fsp3) is 0.407. The number of thiazole rings is 1. The number of nitrogen functional groups attached to an aromatic ring is 1. The summed E-state index contributed by atoms with van der Waals surface area (Å²) in [7, 11) is 3.18. The molecule has 1 aromatic heterocycles. The number of aromatic nitrogens is 1. The van der Waals surface area contributed by atoms with Crippen LogP contribution in [0.15, 0.2) is 42.5 Å². The fourth-order valence-electron chi connectivity index (χ4n) is 5.42. The highest BCUT2D eigenvalue weighted by Gasteiger charge is 2.52. The molecule has 206 valence electrons. The Morgan fingerprint density at radius 3 is 2.69 bits per heavy atom. The molecule has 39 heavy (non-hydrogen) atoms. The number of nitrogens with two attached hydrogens (primary N) is 1. The van der Waals surface area contributed by atoms with Gasteiger partial charge in [-0.25, -0.2) is 9.78 Å². The quantitative estimate of drug-likeness (QED) is 0.440. The van der Waals surface area contributed by atoms with Crippen LogP contribution < -0.4 is 15.8 Å². The van der Waals surface area contributed by atoms with Gasteiger partial charge in [-0.3, -0.25) is 14.6 Å². The molecule has 12 heteroatoms. The average molecular weight is 552 g/mol. The SMILES string of the molecule is CCCN(C(=O)NC)N1CC(=O)N2[C@@H](Cc3ccc(OC)cc3)C(=O)N(Cc3cccc4sc(N)nc34)C[C@@H]21. The van der Waals surface area contributed by atoms with Crippen LogP contribution in [-0.2, 0) is 22.6 Å². The number of carbonyl (C=O) groups is 3. The molecule has 2 fully saturated rings. The van der Waals surface area contributed by atoms with Gasteiger partial charge in [0.15, 0.2) is 5.13 Å². The molecule has 3 aromatic rings. The summed E-state index contributed by atoms with van der Waals surface area (Å²) in [6, 6.07) is 12.3. The second-order valence-electron chi connectivity index (χ2n) is 9.66. The standard InChI is InChI=1S/C27H33N7O4S/c1-4-12-32(27(37)29-2)33-16-23(35)34-20(13-17-8-10-19(38-3)11-9-17)25(36)31(15-22(33)34)14-18-6-5-7-21-24(18)30-26(28)39-21/h5-11,20,22H,4,12-16H2,1-3H3,(H2,28,30)(H,29,37)/t20-,22+/m0/s1. The topological polar surface area (TPSA) is 124 Å². The van der Waals surface area contributed by atoms with Gasteiger partial charge in [0, 0.05) is 26.6 Å². The van der Waals surface area contributed by atoms with Gasteiger partial charge in [0.2, 0.25) is 11.8 Å². The fourth-order valence-corrected chi connectivity index (χ4v) is 6.20. The summed E-state index contributed by atoms with van der Waals surface area (Å²) < 4.78 is 6.24. The van der Waals surface area contributed by atoms with Gasteiger partial charge in [0.05, 0.1) is 30.4 Å². The van der Waals surface area contributed by atoms with E-state index >= 15 is 0 Å². The zero-order chi connectivity index (χ0) is 27.7. The number of carbonyl (C=O) groups excluding carboxylic acids is 3. The molecule has 2 saturated heterocycles. The lowest BCUT2D eigenvalue weighted by molar-refractivity contribution is -0.157. The van der Waals surface area contributed by atoms with Crippen LogP contribution >= 0.6 is 11.3 Å². The maximum absolute atomic E-state index is 14.0. The van der Waals surface area contributed by atoms with Crippen molar-refractivity contribution in [3.8, 4) is 5.75 Å². The van der Waals surface area contributed by atoms with Gasteiger partial charge in [-0.2, -0.15) is 5.01 Å². The molecule has 4 amide bonds. The molecule has 3 N–H and O–H groups in total. The van der Waals surface area contributed by atoms with Crippen LogP contribution in [0.25, 0.3) is 10.2 Å². The summed E-state index contributed by atoms with van der Waals surface area (Å²) in [5.41, 5.74) is 8.55. The molecule has 3 heterocycles. The number of fused-ring (bicyclic) bond motifs is 2. The molecule has 2 aliphatic rings. The molecular weight excluding hydrogens is 518 g/mol. The molecule has 0 aliphatic carbocycles. The van der Waals surface area contributed by atoms with Crippen molar-refractivity contribution in [1.29, 1.82) is 0 Å². The molecule has 2 aliphatic heterocycles. The number of nitrogens with one attached hydrogen (secondary N) is 1. The highest BCUT2D eigenvalue weighted by atomic mass is 32.1. The van der Waals surface area contributed by atoms with E-state index in [0.717, 1.165) is 27.8 Å². The highest BCUT2D eigenvalue weighted by molar-refractivity contribution is 7.22. The lowest BCUT2D eigenvalue weighted by Gasteiger charge is -2.46. The van der Waals surface area contributed by atoms with E-state index in [1.165, 1.54) is 11.3 Å². The van der Waals surface area contributed by atoms with E-state index in [2.05, 4.69) is 10.3 Å². The van der Waals surface area contributed by atoms with Crippen LogP contribution in [0.1, 0.15) is 24.5 Å². The van der Waals surface area contributed by atoms with Crippen LogP contribution in [0.2, 0.25) is 0 Å². The Balaban J connectivity index is 1.51. The van der Waals surface area contributed by atoms with E-state index < -0.39 is 12.2 Å². The predicted octanol–water partition coefficient (Wildman–Crippen LogP) is 2.28.